The second-order valence-corrected chi connectivity index (χ2v) is 6.66. The summed E-state index contributed by atoms with van der Waals surface area (Å²) in [5, 5.41) is 6.34. The summed E-state index contributed by atoms with van der Waals surface area (Å²) in [6.07, 6.45) is 0.619. The van der Waals surface area contributed by atoms with Gasteiger partial charge in [0, 0.05) is 5.69 Å². The van der Waals surface area contributed by atoms with E-state index in [1.54, 1.807) is 6.07 Å². The topological polar surface area (TPSA) is 59.6 Å². The van der Waals surface area contributed by atoms with Crippen LogP contribution in [-0.2, 0) is 10.2 Å². The van der Waals surface area contributed by atoms with Crippen molar-refractivity contribution in [1.82, 2.24) is 5.32 Å². The van der Waals surface area contributed by atoms with Crippen LogP contribution in [0.1, 0.15) is 23.6 Å². The van der Waals surface area contributed by atoms with Crippen LogP contribution < -0.4 is 20.1 Å². The van der Waals surface area contributed by atoms with Crippen molar-refractivity contribution in [3.8, 4) is 11.5 Å². The summed E-state index contributed by atoms with van der Waals surface area (Å²) in [7, 11) is 0. The number of hydrogen-bond acceptors (Lipinski definition) is 4. The molecule has 0 radical (unpaired) electrons. The maximum absolute atomic E-state index is 13.9. The molecular formula is C19H17FN2O3. The molecule has 3 aliphatic rings. The van der Waals surface area contributed by atoms with Crippen molar-refractivity contribution in [2.75, 3.05) is 25.1 Å². The summed E-state index contributed by atoms with van der Waals surface area (Å²) in [5.41, 5.74) is 1.55. The second-order valence-electron chi connectivity index (χ2n) is 6.66. The van der Waals surface area contributed by atoms with E-state index in [-0.39, 0.29) is 17.8 Å². The molecule has 2 aromatic rings. The monoisotopic (exact) mass is 340 g/mol. The molecule has 25 heavy (non-hydrogen) atoms. The van der Waals surface area contributed by atoms with Crippen LogP contribution in [0.25, 0.3) is 0 Å². The van der Waals surface area contributed by atoms with E-state index in [4.69, 9.17) is 9.47 Å². The third-order valence-corrected chi connectivity index (χ3v) is 5.38. The number of anilines is 1. The fourth-order valence-electron chi connectivity index (χ4n) is 4.26. The van der Waals surface area contributed by atoms with Gasteiger partial charge in [0.1, 0.15) is 19.0 Å². The molecule has 5 nitrogen and oxygen atoms in total. The number of ether oxygens (including phenoxy) is 2. The van der Waals surface area contributed by atoms with Gasteiger partial charge in [0.25, 0.3) is 0 Å². The summed E-state index contributed by atoms with van der Waals surface area (Å²) < 4.78 is 25.1. The van der Waals surface area contributed by atoms with Crippen molar-refractivity contribution >= 4 is 11.6 Å². The largest absolute Gasteiger partial charge is 0.486 e. The van der Waals surface area contributed by atoms with Crippen molar-refractivity contribution in [3.63, 3.8) is 0 Å². The third kappa shape index (κ3) is 2.00. The zero-order valence-corrected chi connectivity index (χ0v) is 13.5. The average Bonchev–Trinajstić information content (AvgIpc) is 3.19. The zero-order valence-electron chi connectivity index (χ0n) is 13.5. The number of fused-ring (bicyclic) bond motifs is 3. The second kappa shape index (κ2) is 5.20. The van der Waals surface area contributed by atoms with Crippen molar-refractivity contribution in [2.45, 2.75) is 17.9 Å². The molecule has 128 valence electrons. The summed E-state index contributed by atoms with van der Waals surface area (Å²) >= 11 is 0. The van der Waals surface area contributed by atoms with Gasteiger partial charge in [-0.15, -0.1) is 0 Å². The molecule has 1 spiro atoms. The van der Waals surface area contributed by atoms with Crippen LogP contribution in [0.15, 0.2) is 36.4 Å². The lowest BCUT2D eigenvalue weighted by molar-refractivity contribution is -0.121. The highest BCUT2D eigenvalue weighted by Gasteiger charge is 2.55. The van der Waals surface area contributed by atoms with Crippen molar-refractivity contribution in [1.29, 1.82) is 0 Å². The summed E-state index contributed by atoms with van der Waals surface area (Å²) in [5.74, 6) is 0.982. The molecule has 1 saturated heterocycles. The predicted octanol–water partition coefficient (Wildman–Crippen LogP) is 2.52. The van der Waals surface area contributed by atoms with E-state index in [0.29, 0.717) is 43.4 Å². The highest BCUT2D eigenvalue weighted by molar-refractivity contribution is 6.07. The smallest absolute Gasteiger partial charge is 0.237 e. The minimum Gasteiger partial charge on any atom is -0.486 e. The number of nitrogens with one attached hydrogen (secondary N) is 2. The molecule has 1 fully saturated rings. The number of carbonyl (C=O) groups excluding carboxylic acids is 1. The van der Waals surface area contributed by atoms with Crippen molar-refractivity contribution < 1.29 is 18.7 Å². The van der Waals surface area contributed by atoms with Gasteiger partial charge in [-0.1, -0.05) is 6.07 Å². The number of hydrogen-bond donors (Lipinski definition) is 2. The Hall–Kier alpha value is -2.60. The lowest BCUT2D eigenvalue weighted by atomic mass is 9.73. The zero-order chi connectivity index (χ0) is 17.0. The third-order valence-electron chi connectivity index (χ3n) is 5.38. The van der Waals surface area contributed by atoms with Gasteiger partial charge < -0.3 is 20.1 Å². The number of carbonyl (C=O) groups is 1. The molecule has 0 aliphatic carbocycles. The molecule has 0 unspecified atom stereocenters. The molecule has 0 bridgehead atoms. The van der Waals surface area contributed by atoms with Crippen LogP contribution in [0.5, 0.6) is 11.5 Å². The van der Waals surface area contributed by atoms with Gasteiger partial charge in [-0.25, -0.2) is 4.39 Å². The van der Waals surface area contributed by atoms with Crippen molar-refractivity contribution in [2.24, 2.45) is 0 Å². The molecule has 0 aromatic heterocycles. The Balaban J connectivity index is 1.63. The minimum absolute atomic E-state index is 0.0852. The molecule has 3 heterocycles. The van der Waals surface area contributed by atoms with Gasteiger partial charge in [-0.2, -0.15) is 0 Å². The van der Waals surface area contributed by atoms with Crippen LogP contribution >= 0.6 is 0 Å². The van der Waals surface area contributed by atoms with E-state index >= 15 is 0 Å². The van der Waals surface area contributed by atoms with Gasteiger partial charge >= 0.3 is 0 Å². The Kier molecular flexibility index (Phi) is 3.06. The van der Waals surface area contributed by atoms with E-state index in [2.05, 4.69) is 10.6 Å². The van der Waals surface area contributed by atoms with Gasteiger partial charge in [0.2, 0.25) is 5.91 Å². The van der Waals surface area contributed by atoms with Gasteiger partial charge in [0.05, 0.1) is 11.5 Å². The molecule has 5 rings (SSSR count). The first-order chi connectivity index (χ1) is 12.2. The molecule has 2 atom stereocenters. The predicted molar refractivity (Wildman–Crippen MR) is 89.5 cm³/mol. The van der Waals surface area contributed by atoms with Gasteiger partial charge in [-0.3, -0.25) is 4.79 Å². The Morgan fingerprint density at radius 2 is 1.92 bits per heavy atom. The molecule has 0 saturated carbocycles. The minimum atomic E-state index is -0.804. The summed E-state index contributed by atoms with van der Waals surface area (Å²) in [4.78, 5) is 12.9. The Morgan fingerprint density at radius 3 is 2.80 bits per heavy atom. The van der Waals surface area contributed by atoms with E-state index in [1.807, 2.05) is 18.2 Å². The number of benzene rings is 2. The van der Waals surface area contributed by atoms with E-state index in [0.717, 1.165) is 11.1 Å². The van der Waals surface area contributed by atoms with Gasteiger partial charge in [0.15, 0.2) is 11.5 Å². The highest BCUT2D eigenvalue weighted by atomic mass is 19.1. The normalized spacial score (nSPS) is 26.6. The van der Waals surface area contributed by atoms with Crippen LogP contribution in [0.3, 0.4) is 0 Å². The lowest BCUT2D eigenvalue weighted by Crippen LogP contribution is -2.39. The maximum Gasteiger partial charge on any atom is 0.237 e. The SMILES string of the molecule is O=C1Nc2ccc(F)cc2[C@]12CCN[C@@H]2c1ccc2c(c1)OCCO2. The van der Waals surface area contributed by atoms with Crippen LogP contribution in [-0.4, -0.2) is 25.7 Å². The standard InChI is InChI=1S/C19H17FN2O3/c20-12-2-3-14-13(10-12)19(18(23)22-14)5-6-21-17(19)11-1-4-15-16(9-11)25-8-7-24-15/h1-4,9-10,17,21H,5-8H2,(H,22,23)/t17-,19+/m1/s1. The quantitative estimate of drug-likeness (QED) is 0.838. The Bertz CT molecular complexity index is 885. The first-order valence-electron chi connectivity index (χ1n) is 8.43. The average molecular weight is 340 g/mol. The lowest BCUT2D eigenvalue weighted by Gasteiger charge is -2.30. The molecule has 2 aromatic carbocycles. The fraction of sp³-hybridized carbons (Fsp3) is 0.316. The molecule has 1 amide bonds. The molecule has 2 N–H and O–H groups in total. The maximum atomic E-state index is 13.9. The summed E-state index contributed by atoms with van der Waals surface area (Å²) in [6, 6.07) is 9.98. The summed E-state index contributed by atoms with van der Waals surface area (Å²) in [6.45, 7) is 1.73. The van der Waals surface area contributed by atoms with Crippen LogP contribution in [0.4, 0.5) is 10.1 Å². The van der Waals surface area contributed by atoms with Crippen LogP contribution in [0.2, 0.25) is 0 Å². The van der Waals surface area contributed by atoms with E-state index in [9.17, 15) is 9.18 Å². The molecule has 6 heteroatoms. The number of rotatable bonds is 1. The first kappa shape index (κ1) is 14.7. The first-order valence-corrected chi connectivity index (χ1v) is 8.43. The fourth-order valence-corrected chi connectivity index (χ4v) is 4.26. The van der Waals surface area contributed by atoms with E-state index < -0.39 is 5.41 Å². The van der Waals surface area contributed by atoms with Gasteiger partial charge in [-0.05, 0) is 54.4 Å². The number of halogens is 1. The highest BCUT2D eigenvalue weighted by Crippen LogP contribution is 2.51. The number of amides is 1. The van der Waals surface area contributed by atoms with E-state index in [1.165, 1.54) is 12.1 Å². The molecule has 3 aliphatic heterocycles. The molecular weight excluding hydrogens is 323 g/mol. The Morgan fingerprint density at radius 1 is 1.08 bits per heavy atom. The van der Waals surface area contributed by atoms with Crippen molar-refractivity contribution in [3.05, 3.63) is 53.3 Å². The Labute approximate surface area is 144 Å². The van der Waals surface area contributed by atoms with Crippen LogP contribution in [0, 0.1) is 5.82 Å².